The van der Waals surface area contributed by atoms with E-state index in [0.717, 1.165) is 11.3 Å². The van der Waals surface area contributed by atoms with Crippen LogP contribution in [-0.2, 0) is 11.3 Å². The van der Waals surface area contributed by atoms with Crippen molar-refractivity contribution in [2.75, 3.05) is 13.7 Å². The van der Waals surface area contributed by atoms with Gasteiger partial charge in [0.2, 0.25) is 0 Å². The highest BCUT2D eigenvalue weighted by Gasteiger charge is 2.08. The fraction of sp³-hybridized carbons (Fsp3) is 0.462. The molecular formula is C13H20N2O3. The summed E-state index contributed by atoms with van der Waals surface area (Å²) in [6.45, 7) is 4.11. The van der Waals surface area contributed by atoms with Gasteiger partial charge in [-0.3, -0.25) is 4.79 Å². The average Bonchev–Trinajstić information content (AvgIpc) is 2.35. The van der Waals surface area contributed by atoms with Crippen LogP contribution in [-0.4, -0.2) is 25.7 Å². The molecule has 1 aromatic rings. The van der Waals surface area contributed by atoms with Crippen LogP contribution in [0.4, 0.5) is 0 Å². The first-order valence-corrected chi connectivity index (χ1v) is 5.86. The van der Waals surface area contributed by atoms with Gasteiger partial charge in [0.25, 0.3) is 5.91 Å². The van der Waals surface area contributed by atoms with Gasteiger partial charge in [-0.05, 0) is 32.0 Å². The van der Waals surface area contributed by atoms with E-state index in [4.69, 9.17) is 15.2 Å². The van der Waals surface area contributed by atoms with Crippen LogP contribution < -0.4 is 20.5 Å². The van der Waals surface area contributed by atoms with E-state index in [1.165, 1.54) is 0 Å². The fourth-order valence-electron chi connectivity index (χ4n) is 1.49. The monoisotopic (exact) mass is 252 g/mol. The Hall–Kier alpha value is -1.75. The Bertz CT molecular complexity index is 405. The van der Waals surface area contributed by atoms with Gasteiger partial charge in [-0.2, -0.15) is 0 Å². The number of carbonyl (C=O) groups excluding carboxylic acids is 1. The summed E-state index contributed by atoms with van der Waals surface area (Å²) in [5.41, 5.74) is 6.44. The van der Waals surface area contributed by atoms with Gasteiger partial charge in [0.1, 0.15) is 11.5 Å². The SMILES string of the molecule is COc1ccc(OCC(=O)NC(C)C)c(CN)c1. The molecule has 5 nitrogen and oxygen atoms in total. The smallest absolute Gasteiger partial charge is 0.258 e. The van der Waals surface area contributed by atoms with Gasteiger partial charge in [0.05, 0.1) is 7.11 Å². The molecule has 0 bridgehead atoms. The Morgan fingerprint density at radius 3 is 2.72 bits per heavy atom. The molecule has 0 aromatic heterocycles. The van der Waals surface area contributed by atoms with Crippen LogP contribution in [0.5, 0.6) is 11.5 Å². The minimum Gasteiger partial charge on any atom is -0.497 e. The van der Waals surface area contributed by atoms with Crippen LogP contribution >= 0.6 is 0 Å². The molecule has 0 aliphatic carbocycles. The number of ether oxygens (including phenoxy) is 2. The summed E-state index contributed by atoms with van der Waals surface area (Å²) < 4.78 is 10.5. The van der Waals surface area contributed by atoms with Crippen molar-refractivity contribution in [1.82, 2.24) is 5.32 Å². The predicted molar refractivity (Wildman–Crippen MR) is 69.7 cm³/mol. The highest BCUT2D eigenvalue weighted by Crippen LogP contribution is 2.23. The summed E-state index contributed by atoms with van der Waals surface area (Å²) in [7, 11) is 1.59. The number of rotatable bonds is 6. The van der Waals surface area contributed by atoms with Crippen LogP contribution in [0, 0.1) is 0 Å². The van der Waals surface area contributed by atoms with Crippen molar-refractivity contribution in [3.63, 3.8) is 0 Å². The van der Waals surface area contributed by atoms with Crippen molar-refractivity contribution in [2.45, 2.75) is 26.4 Å². The first-order chi connectivity index (χ1) is 8.56. The van der Waals surface area contributed by atoms with E-state index in [1.807, 2.05) is 13.8 Å². The number of hydrogen-bond donors (Lipinski definition) is 2. The molecule has 5 heteroatoms. The number of nitrogens with one attached hydrogen (secondary N) is 1. The maximum absolute atomic E-state index is 11.5. The molecule has 0 aliphatic rings. The standard InChI is InChI=1S/C13H20N2O3/c1-9(2)15-13(16)8-18-12-5-4-11(17-3)6-10(12)7-14/h4-6,9H,7-8,14H2,1-3H3,(H,15,16). The van der Waals surface area contributed by atoms with Gasteiger partial charge < -0.3 is 20.5 Å². The molecule has 1 amide bonds. The molecule has 1 rings (SSSR count). The molecule has 0 fully saturated rings. The molecule has 100 valence electrons. The van der Waals surface area contributed by atoms with E-state index in [2.05, 4.69) is 5.32 Å². The van der Waals surface area contributed by atoms with E-state index < -0.39 is 0 Å². The fourth-order valence-corrected chi connectivity index (χ4v) is 1.49. The quantitative estimate of drug-likeness (QED) is 0.794. The van der Waals surface area contributed by atoms with Crippen LogP contribution in [0.25, 0.3) is 0 Å². The Balaban J connectivity index is 2.64. The van der Waals surface area contributed by atoms with E-state index in [1.54, 1.807) is 25.3 Å². The van der Waals surface area contributed by atoms with Crippen molar-refractivity contribution in [1.29, 1.82) is 0 Å². The number of carbonyl (C=O) groups is 1. The molecule has 0 radical (unpaired) electrons. The summed E-state index contributed by atoms with van der Waals surface area (Å²) in [5, 5.41) is 2.75. The Morgan fingerprint density at radius 1 is 1.44 bits per heavy atom. The van der Waals surface area contributed by atoms with Gasteiger partial charge in [0.15, 0.2) is 6.61 Å². The van der Waals surface area contributed by atoms with Gasteiger partial charge >= 0.3 is 0 Å². The van der Waals surface area contributed by atoms with E-state index >= 15 is 0 Å². The minimum absolute atomic E-state index is 0.0164. The largest absolute Gasteiger partial charge is 0.497 e. The van der Waals surface area contributed by atoms with Crippen molar-refractivity contribution < 1.29 is 14.3 Å². The molecule has 0 heterocycles. The normalized spacial score (nSPS) is 10.3. The van der Waals surface area contributed by atoms with Crippen LogP contribution in [0.2, 0.25) is 0 Å². The van der Waals surface area contributed by atoms with Gasteiger partial charge in [0, 0.05) is 18.2 Å². The van der Waals surface area contributed by atoms with Crippen molar-refractivity contribution in [3.05, 3.63) is 23.8 Å². The molecule has 3 N–H and O–H groups in total. The van der Waals surface area contributed by atoms with Crippen LogP contribution in [0.3, 0.4) is 0 Å². The molecule has 0 saturated carbocycles. The van der Waals surface area contributed by atoms with Crippen LogP contribution in [0.1, 0.15) is 19.4 Å². The van der Waals surface area contributed by atoms with Gasteiger partial charge in [-0.1, -0.05) is 0 Å². The van der Waals surface area contributed by atoms with Crippen molar-refractivity contribution in [3.8, 4) is 11.5 Å². The second-order valence-electron chi connectivity index (χ2n) is 4.19. The maximum Gasteiger partial charge on any atom is 0.258 e. The number of methoxy groups -OCH3 is 1. The Kier molecular flexibility index (Phi) is 5.45. The van der Waals surface area contributed by atoms with Gasteiger partial charge in [-0.15, -0.1) is 0 Å². The summed E-state index contributed by atoms with van der Waals surface area (Å²) in [6.07, 6.45) is 0. The van der Waals surface area contributed by atoms with E-state index in [9.17, 15) is 4.79 Å². The second-order valence-corrected chi connectivity index (χ2v) is 4.19. The molecule has 0 unspecified atom stereocenters. The third-order valence-electron chi connectivity index (χ3n) is 2.30. The van der Waals surface area contributed by atoms with Crippen molar-refractivity contribution in [2.24, 2.45) is 5.73 Å². The Morgan fingerprint density at radius 2 is 2.17 bits per heavy atom. The molecule has 0 atom stereocenters. The lowest BCUT2D eigenvalue weighted by molar-refractivity contribution is -0.123. The molecule has 1 aromatic carbocycles. The summed E-state index contributed by atoms with van der Waals surface area (Å²) >= 11 is 0. The molecule has 0 aliphatic heterocycles. The first-order valence-electron chi connectivity index (χ1n) is 5.86. The third kappa shape index (κ3) is 4.25. The minimum atomic E-state index is -0.149. The zero-order chi connectivity index (χ0) is 13.5. The zero-order valence-corrected chi connectivity index (χ0v) is 11.0. The third-order valence-corrected chi connectivity index (χ3v) is 2.30. The molecule has 18 heavy (non-hydrogen) atoms. The topological polar surface area (TPSA) is 73.6 Å². The number of benzene rings is 1. The Labute approximate surface area is 107 Å². The summed E-state index contributed by atoms with van der Waals surface area (Å²) in [5.74, 6) is 1.18. The summed E-state index contributed by atoms with van der Waals surface area (Å²) in [4.78, 5) is 11.5. The highest BCUT2D eigenvalue weighted by molar-refractivity contribution is 5.77. The van der Waals surface area contributed by atoms with Gasteiger partial charge in [-0.25, -0.2) is 0 Å². The maximum atomic E-state index is 11.5. The number of nitrogens with two attached hydrogens (primary N) is 1. The highest BCUT2D eigenvalue weighted by atomic mass is 16.5. The zero-order valence-electron chi connectivity index (χ0n) is 11.0. The lowest BCUT2D eigenvalue weighted by Gasteiger charge is -2.13. The lowest BCUT2D eigenvalue weighted by Crippen LogP contribution is -2.34. The first kappa shape index (κ1) is 14.3. The molecular weight excluding hydrogens is 232 g/mol. The second kappa shape index (κ2) is 6.86. The average molecular weight is 252 g/mol. The lowest BCUT2D eigenvalue weighted by atomic mass is 10.2. The van der Waals surface area contributed by atoms with E-state index in [-0.39, 0.29) is 18.6 Å². The predicted octanol–water partition coefficient (Wildman–Crippen LogP) is 1.06. The number of amides is 1. The van der Waals surface area contributed by atoms with Crippen molar-refractivity contribution >= 4 is 5.91 Å². The van der Waals surface area contributed by atoms with Crippen LogP contribution in [0.15, 0.2) is 18.2 Å². The molecule has 0 saturated heterocycles. The van der Waals surface area contributed by atoms with E-state index in [0.29, 0.717) is 12.3 Å². The number of hydrogen-bond acceptors (Lipinski definition) is 4. The summed E-state index contributed by atoms with van der Waals surface area (Å²) in [6, 6.07) is 5.43. The molecule has 0 spiro atoms.